The number of nitrogens with one attached hydrogen (secondary N) is 1. The largest absolute Gasteiger partial charge is 0.480 e. The minimum Gasteiger partial charge on any atom is -0.480 e. The van der Waals surface area contributed by atoms with E-state index in [9.17, 15) is 14.7 Å². The molecule has 0 aliphatic heterocycles. The minimum atomic E-state index is -0.994. The van der Waals surface area contributed by atoms with Gasteiger partial charge in [-0.3, -0.25) is 4.79 Å². The maximum Gasteiger partial charge on any atom is 0.326 e. The van der Waals surface area contributed by atoms with Gasteiger partial charge in [0, 0.05) is 5.56 Å². The Morgan fingerprint density at radius 1 is 1.15 bits per heavy atom. The van der Waals surface area contributed by atoms with Crippen molar-refractivity contribution in [3.8, 4) is 0 Å². The van der Waals surface area contributed by atoms with Crippen molar-refractivity contribution < 1.29 is 14.7 Å². The molecule has 4 nitrogen and oxygen atoms in total. The first kappa shape index (κ1) is 16.2. The first-order chi connectivity index (χ1) is 9.36. The molecule has 20 heavy (non-hydrogen) atoms. The van der Waals surface area contributed by atoms with Crippen molar-refractivity contribution in [1.82, 2.24) is 5.32 Å². The summed E-state index contributed by atoms with van der Waals surface area (Å²) in [7, 11) is 0. The van der Waals surface area contributed by atoms with Crippen molar-refractivity contribution in [2.45, 2.75) is 46.1 Å². The first-order valence-electron chi connectivity index (χ1n) is 7.00. The van der Waals surface area contributed by atoms with Crippen molar-refractivity contribution in [2.24, 2.45) is 5.92 Å². The highest BCUT2D eigenvalue weighted by molar-refractivity contribution is 5.96. The predicted molar refractivity (Wildman–Crippen MR) is 78.9 cm³/mol. The highest BCUT2D eigenvalue weighted by atomic mass is 16.4. The number of amides is 1. The summed E-state index contributed by atoms with van der Waals surface area (Å²) in [5.41, 5.74) is 1.64. The van der Waals surface area contributed by atoms with Crippen LogP contribution < -0.4 is 5.32 Å². The van der Waals surface area contributed by atoms with Crippen LogP contribution in [0.25, 0.3) is 0 Å². The lowest BCUT2D eigenvalue weighted by molar-refractivity contribution is -0.140. The molecule has 0 unspecified atom stereocenters. The van der Waals surface area contributed by atoms with Crippen LogP contribution in [0.3, 0.4) is 0 Å². The van der Waals surface area contributed by atoms with E-state index in [1.807, 2.05) is 26.0 Å². The summed E-state index contributed by atoms with van der Waals surface area (Å²) in [4.78, 5) is 23.3. The topological polar surface area (TPSA) is 66.4 Å². The molecule has 0 spiro atoms. The molecule has 110 valence electrons. The van der Waals surface area contributed by atoms with Gasteiger partial charge in [-0.1, -0.05) is 46.2 Å². The second-order valence-corrected chi connectivity index (χ2v) is 5.45. The summed E-state index contributed by atoms with van der Waals surface area (Å²) in [5.74, 6) is -1.04. The Hall–Kier alpha value is -1.84. The van der Waals surface area contributed by atoms with Gasteiger partial charge in [-0.15, -0.1) is 0 Å². The number of hydrogen-bond acceptors (Lipinski definition) is 2. The molecule has 2 atom stereocenters. The van der Waals surface area contributed by atoms with Gasteiger partial charge in [-0.2, -0.15) is 0 Å². The van der Waals surface area contributed by atoms with Gasteiger partial charge < -0.3 is 10.4 Å². The lowest BCUT2D eigenvalue weighted by Crippen LogP contribution is -2.45. The van der Waals surface area contributed by atoms with E-state index in [1.54, 1.807) is 12.1 Å². The van der Waals surface area contributed by atoms with E-state index >= 15 is 0 Å². The molecule has 4 heteroatoms. The maximum absolute atomic E-state index is 12.1. The van der Waals surface area contributed by atoms with Gasteiger partial charge in [0.15, 0.2) is 0 Å². The molecule has 0 aliphatic rings. The summed E-state index contributed by atoms with van der Waals surface area (Å²) in [6, 6.07) is 6.43. The summed E-state index contributed by atoms with van der Waals surface area (Å²) in [5, 5.41) is 11.8. The fourth-order valence-electron chi connectivity index (χ4n) is 1.93. The van der Waals surface area contributed by atoms with Crippen LogP contribution in [-0.2, 0) is 4.79 Å². The molecular formula is C16H23NO3. The average molecular weight is 277 g/mol. The van der Waals surface area contributed by atoms with Crippen molar-refractivity contribution in [1.29, 1.82) is 0 Å². The van der Waals surface area contributed by atoms with E-state index in [-0.39, 0.29) is 11.8 Å². The lowest BCUT2D eigenvalue weighted by Gasteiger charge is -2.20. The third-order valence-electron chi connectivity index (χ3n) is 3.61. The third-order valence-corrected chi connectivity index (χ3v) is 3.61. The second kappa shape index (κ2) is 7.08. The van der Waals surface area contributed by atoms with Crippen LogP contribution in [0.15, 0.2) is 24.3 Å². The molecule has 0 fully saturated rings. The van der Waals surface area contributed by atoms with Crippen LogP contribution in [-0.4, -0.2) is 23.0 Å². The quantitative estimate of drug-likeness (QED) is 0.840. The molecule has 0 radical (unpaired) electrons. The number of carboxylic acid groups (broad SMARTS) is 1. The van der Waals surface area contributed by atoms with Crippen molar-refractivity contribution >= 4 is 11.9 Å². The van der Waals surface area contributed by atoms with Crippen molar-refractivity contribution in [2.75, 3.05) is 0 Å². The number of carboxylic acids is 1. The fraction of sp³-hybridized carbons (Fsp3) is 0.500. The molecule has 0 bridgehead atoms. The Morgan fingerprint density at radius 2 is 1.70 bits per heavy atom. The minimum absolute atomic E-state index is 0.105. The van der Waals surface area contributed by atoms with Gasteiger partial charge >= 0.3 is 5.97 Å². The molecular weight excluding hydrogens is 254 g/mol. The Bertz CT molecular complexity index is 465. The molecule has 1 aromatic carbocycles. The number of hydrogen-bond donors (Lipinski definition) is 2. The fourth-order valence-corrected chi connectivity index (χ4v) is 1.93. The van der Waals surface area contributed by atoms with Gasteiger partial charge in [0.2, 0.25) is 0 Å². The van der Waals surface area contributed by atoms with E-state index in [2.05, 4.69) is 19.2 Å². The Labute approximate surface area is 120 Å². The van der Waals surface area contributed by atoms with Crippen molar-refractivity contribution in [3.05, 3.63) is 35.4 Å². The molecule has 0 aromatic heterocycles. The van der Waals surface area contributed by atoms with Crippen LogP contribution in [0.2, 0.25) is 0 Å². The molecule has 0 aliphatic carbocycles. The number of aliphatic carboxylic acids is 1. The Kier molecular flexibility index (Phi) is 5.74. The second-order valence-electron chi connectivity index (χ2n) is 5.45. The zero-order valence-corrected chi connectivity index (χ0v) is 12.5. The Morgan fingerprint density at radius 3 is 2.10 bits per heavy atom. The van der Waals surface area contributed by atoms with Crippen molar-refractivity contribution in [3.63, 3.8) is 0 Å². The molecule has 0 saturated carbocycles. The first-order valence-corrected chi connectivity index (χ1v) is 7.00. The molecule has 2 N–H and O–H groups in total. The third kappa shape index (κ3) is 4.08. The molecule has 1 aromatic rings. The van der Waals surface area contributed by atoms with Gasteiger partial charge in [0.25, 0.3) is 5.91 Å². The van der Waals surface area contributed by atoms with Crippen LogP contribution in [0.4, 0.5) is 0 Å². The standard InChI is InChI=1S/C16H23NO3/c1-5-11(4)14(16(19)20)17-15(18)13-8-6-12(7-9-13)10(2)3/h6-11,14H,5H2,1-4H3,(H,17,18)(H,19,20)/t11-,14+/m1/s1. The molecule has 1 amide bonds. The van der Waals surface area contributed by atoms with Gasteiger partial charge in [0.05, 0.1) is 0 Å². The number of carbonyl (C=O) groups excluding carboxylic acids is 1. The summed E-state index contributed by atoms with van der Waals surface area (Å²) in [6.45, 7) is 7.89. The highest BCUT2D eigenvalue weighted by Gasteiger charge is 2.25. The summed E-state index contributed by atoms with van der Waals surface area (Å²) >= 11 is 0. The maximum atomic E-state index is 12.1. The van der Waals surface area contributed by atoms with Crippen LogP contribution >= 0.6 is 0 Å². The molecule has 0 saturated heterocycles. The van der Waals surface area contributed by atoms with Gasteiger partial charge in [0.1, 0.15) is 6.04 Å². The number of benzene rings is 1. The highest BCUT2D eigenvalue weighted by Crippen LogP contribution is 2.15. The van der Waals surface area contributed by atoms with E-state index in [4.69, 9.17) is 0 Å². The van der Waals surface area contributed by atoms with Gasteiger partial charge in [-0.05, 0) is 29.5 Å². The van der Waals surface area contributed by atoms with E-state index < -0.39 is 12.0 Å². The average Bonchev–Trinajstić information content (AvgIpc) is 2.43. The van der Waals surface area contributed by atoms with E-state index in [0.29, 0.717) is 17.9 Å². The SMILES string of the molecule is CC[C@@H](C)[C@H](NC(=O)c1ccc(C(C)C)cc1)C(=O)O. The van der Waals surface area contributed by atoms with E-state index in [1.165, 1.54) is 0 Å². The van der Waals surface area contributed by atoms with Crippen LogP contribution in [0.5, 0.6) is 0 Å². The van der Waals surface area contributed by atoms with Crippen LogP contribution in [0, 0.1) is 5.92 Å². The van der Waals surface area contributed by atoms with Crippen LogP contribution in [0.1, 0.15) is 56.0 Å². The molecule has 0 heterocycles. The lowest BCUT2D eigenvalue weighted by atomic mass is 9.98. The zero-order valence-electron chi connectivity index (χ0n) is 12.5. The summed E-state index contributed by atoms with van der Waals surface area (Å²) in [6.07, 6.45) is 0.698. The summed E-state index contributed by atoms with van der Waals surface area (Å²) < 4.78 is 0. The number of rotatable bonds is 6. The monoisotopic (exact) mass is 277 g/mol. The number of carbonyl (C=O) groups is 2. The van der Waals surface area contributed by atoms with Gasteiger partial charge in [-0.25, -0.2) is 4.79 Å². The molecule has 1 rings (SSSR count). The smallest absolute Gasteiger partial charge is 0.326 e. The van der Waals surface area contributed by atoms with E-state index in [0.717, 1.165) is 5.56 Å². The normalized spacial score (nSPS) is 13.8. The zero-order chi connectivity index (χ0) is 15.3. The predicted octanol–water partition coefficient (Wildman–Crippen LogP) is 3.04. The Balaban J connectivity index is 2.81.